The summed E-state index contributed by atoms with van der Waals surface area (Å²) in [5.74, 6) is 1.38. The van der Waals surface area contributed by atoms with Crippen LogP contribution >= 0.6 is 0 Å². The van der Waals surface area contributed by atoms with Gasteiger partial charge in [-0.15, -0.1) is 0 Å². The smallest absolute Gasteiger partial charge is 0.250 e. The quantitative estimate of drug-likeness (QED) is 0.824. The summed E-state index contributed by atoms with van der Waals surface area (Å²) in [5.41, 5.74) is 1.09. The highest BCUT2D eigenvalue weighted by molar-refractivity contribution is 5.40. The molecule has 0 bridgehead atoms. The van der Waals surface area contributed by atoms with Crippen LogP contribution in [0.25, 0.3) is 0 Å². The lowest BCUT2D eigenvalue weighted by Gasteiger charge is -2.16. The standard InChI is InChI=1S/C14H24N2O/c1-5-16-10-13(6-7-14(16)17)15-9-12(4)8-11(2)3/h6-7,10-12,15H,5,8-9H2,1-4H3. The van der Waals surface area contributed by atoms with E-state index in [1.165, 1.54) is 6.42 Å². The van der Waals surface area contributed by atoms with Gasteiger partial charge in [0, 0.05) is 25.4 Å². The normalized spacial score (nSPS) is 12.8. The molecule has 1 aromatic rings. The predicted octanol–water partition coefficient (Wildman–Crippen LogP) is 2.96. The summed E-state index contributed by atoms with van der Waals surface area (Å²) in [4.78, 5) is 11.4. The minimum absolute atomic E-state index is 0.0632. The van der Waals surface area contributed by atoms with E-state index in [1.54, 1.807) is 10.6 Å². The molecule has 0 amide bonds. The van der Waals surface area contributed by atoms with Crippen molar-refractivity contribution in [2.45, 2.75) is 40.7 Å². The van der Waals surface area contributed by atoms with E-state index in [0.29, 0.717) is 5.92 Å². The first kappa shape index (κ1) is 13.8. The van der Waals surface area contributed by atoms with Crippen LogP contribution in [0.4, 0.5) is 5.69 Å². The molecule has 0 radical (unpaired) electrons. The Morgan fingerprint density at radius 1 is 1.29 bits per heavy atom. The van der Waals surface area contributed by atoms with Gasteiger partial charge < -0.3 is 9.88 Å². The largest absolute Gasteiger partial charge is 0.384 e. The molecule has 96 valence electrons. The van der Waals surface area contributed by atoms with E-state index in [-0.39, 0.29) is 5.56 Å². The van der Waals surface area contributed by atoms with E-state index in [4.69, 9.17) is 0 Å². The Balaban J connectivity index is 2.55. The SMILES string of the molecule is CCn1cc(NCC(C)CC(C)C)ccc1=O. The summed E-state index contributed by atoms with van der Waals surface area (Å²) in [7, 11) is 0. The summed E-state index contributed by atoms with van der Waals surface area (Å²) in [6.07, 6.45) is 3.12. The molecule has 17 heavy (non-hydrogen) atoms. The van der Waals surface area contributed by atoms with Gasteiger partial charge in [-0.1, -0.05) is 20.8 Å². The van der Waals surface area contributed by atoms with Crippen molar-refractivity contribution < 1.29 is 0 Å². The van der Waals surface area contributed by atoms with Crippen LogP contribution in [-0.4, -0.2) is 11.1 Å². The van der Waals surface area contributed by atoms with Crippen LogP contribution in [0.15, 0.2) is 23.1 Å². The lowest BCUT2D eigenvalue weighted by molar-refractivity contribution is 0.455. The molecular formula is C14H24N2O. The second-order valence-corrected chi connectivity index (χ2v) is 5.16. The first-order valence-corrected chi connectivity index (χ1v) is 6.47. The average molecular weight is 236 g/mol. The van der Waals surface area contributed by atoms with Gasteiger partial charge in [-0.05, 0) is 31.2 Å². The molecule has 3 nitrogen and oxygen atoms in total. The summed E-state index contributed by atoms with van der Waals surface area (Å²) < 4.78 is 1.72. The molecule has 1 aromatic heterocycles. The van der Waals surface area contributed by atoms with Crippen LogP contribution in [-0.2, 0) is 6.54 Å². The van der Waals surface area contributed by atoms with Crippen molar-refractivity contribution in [2.75, 3.05) is 11.9 Å². The minimum Gasteiger partial charge on any atom is -0.384 e. The molecule has 1 heterocycles. The topological polar surface area (TPSA) is 34.0 Å². The Morgan fingerprint density at radius 2 is 2.00 bits per heavy atom. The maximum atomic E-state index is 11.4. The highest BCUT2D eigenvalue weighted by Crippen LogP contribution is 2.12. The van der Waals surface area contributed by atoms with Crippen LogP contribution in [0.2, 0.25) is 0 Å². The van der Waals surface area contributed by atoms with Gasteiger partial charge in [-0.25, -0.2) is 0 Å². The van der Waals surface area contributed by atoms with Gasteiger partial charge in [0.15, 0.2) is 0 Å². The number of hydrogen-bond acceptors (Lipinski definition) is 2. The van der Waals surface area contributed by atoms with Crippen LogP contribution in [0.3, 0.4) is 0 Å². The van der Waals surface area contributed by atoms with Crippen LogP contribution in [0, 0.1) is 11.8 Å². The molecule has 1 rings (SSSR count). The third kappa shape index (κ3) is 4.63. The molecule has 0 saturated heterocycles. The van der Waals surface area contributed by atoms with Gasteiger partial charge in [0.1, 0.15) is 0 Å². The molecule has 0 aliphatic carbocycles. The molecule has 1 atom stereocenters. The fourth-order valence-electron chi connectivity index (χ4n) is 2.06. The minimum atomic E-state index is 0.0632. The highest BCUT2D eigenvalue weighted by Gasteiger charge is 2.05. The molecular weight excluding hydrogens is 212 g/mol. The van der Waals surface area contributed by atoms with Crippen molar-refractivity contribution in [3.05, 3.63) is 28.7 Å². The second kappa shape index (κ2) is 6.48. The van der Waals surface area contributed by atoms with E-state index in [0.717, 1.165) is 24.7 Å². The Bertz CT molecular complexity index is 395. The van der Waals surface area contributed by atoms with Crippen molar-refractivity contribution in [1.29, 1.82) is 0 Å². The van der Waals surface area contributed by atoms with Crippen molar-refractivity contribution in [2.24, 2.45) is 11.8 Å². The fourth-order valence-corrected chi connectivity index (χ4v) is 2.06. The summed E-state index contributed by atoms with van der Waals surface area (Å²) in [5, 5.41) is 3.39. The monoisotopic (exact) mass is 236 g/mol. The number of nitrogens with one attached hydrogen (secondary N) is 1. The first-order chi connectivity index (χ1) is 8.02. The summed E-state index contributed by atoms with van der Waals surface area (Å²) in [6, 6.07) is 3.48. The maximum Gasteiger partial charge on any atom is 0.250 e. The summed E-state index contributed by atoms with van der Waals surface area (Å²) >= 11 is 0. The number of rotatable bonds is 6. The Kier molecular flexibility index (Phi) is 5.26. The fraction of sp³-hybridized carbons (Fsp3) is 0.643. The molecule has 0 aromatic carbocycles. The first-order valence-electron chi connectivity index (χ1n) is 6.47. The van der Waals surface area contributed by atoms with Gasteiger partial charge in [-0.3, -0.25) is 4.79 Å². The van der Waals surface area contributed by atoms with Crippen molar-refractivity contribution >= 4 is 5.69 Å². The van der Waals surface area contributed by atoms with E-state index in [1.807, 2.05) is 19.2 Å². The number of aromatic nitrogens is 1. The lowest BCUT2D eigenvalue weighted by Crippen LogP contribution is -2.19. The second-order valence-electron chi connectivity index (χ2n) is 5.16. The van der Waals surface area contributed by atoms with Gasteiger partial charge in [0.05, 0.1) is 5.69 Å². The zero-order valence-corrected chi connectivity index (χ0v) is 11.4. The molecule has 1 N–H and O–H groups in total. The van der Waals surface area contributed by atoms with Crippen molar-refractivity contribution in [3.63, 3.8) is 0 Å². The van der Waals surface area contributed by atoms with Crippen LogP contribution < -0.4 is 10.9 Å². The Labute approximate surface area is 104 Å². The van der Waals surface area contributed by atoms with Crippen molar-refractivity contribution in [3.8, 4) is 0 Å². The number of aryl methyl sites for hydroxylation is 1. The molecule has 0 fully saturated rings. The molecule has 0 saturated carbocycles. The molecule has 0 aliphatic heterocycles. The molecule has 0 spiro atoms. The molecule has 1 unspecified atom stereocenters. The Hall–Kier alpha value is -1.25. The predicted molar refractivity (Wildman–Crippen MR) is 73.5 cm³/mol. The zero-order chi connectivity index (χ0) is 12.8. The van der Waals surface area contributed by atoms with Crippen molar-refractivity contribution in [1.82, 2.24) is 4.57 Å². The van der Waals surface area contributed by atoms with E-state index in [9.17, 15) is 4.79 Å². The van der Waals surface area contributed by atoms with Gasteiger partial charge in [0.2, 0.25) is 0 Å². The van der Waals surface area contributed by atoms with Gasteiger partial charge in [0.25, 0.3) is 5.56 Å². The third-order valence-corrected chi connectivity index (χ3v) is 2.85. The van der Waals surface area contributed by atoms with E-state index >= 15 is 0 Å². The molecule has 0 aliphatic rings. The average Bonchev–Trinajstić information content (AvgIpc) is 2.27. The maximum absolute atomic E-state index is 11.4. The van der Waals surface area contributed by atoms with Gasteiger partial charge >= 0.3 is 0 Å². The highest BCUT2D eigenvalue weighted by atomic mass is 16.1. The number of nitrogens with zero attached hydrogens (tertiary/aromatic N) is 1. The third-order valence-electron chi connectivity index (χ3n) is 2.85. The Morgan fingerprint density at radius 3 is 2.59 bits per heavy atom. The van der Waals surface area contributed by atoms with Gasteiger partial charge in [-0.2, -0.15) is 0 Å². The number of anilines is 1. The number of pyridine rings is 1. The van der Waals surface area contributed by atoms with E-state index < -0.39 is 0 Å². The summed E-state index contributed by atoms with van der Waals surface area (Å²) in [6.45, 7) is 10.4. The zero-order valence-electron chi connectivity index (χ0n) is 11.4. The lowest BCUT2D eigenvalue weighted by atomic mass is 9.99. The molecule has 3 heteroatoms. The van der Waals surface area contributed by atoms with Crippen LogP contribution in [0.5, 0.6) is 0 Å². The van der Waals surface area contributed by atoms with E-state index in [2.05, 4.69) is 26.1 Å². The number of hydrogen-bond donors (Lipinski definition) is 1. The van der Waals surface area contributed by atoms with Crippen LogP contribution in [0.1, 0.15) is 34.1 Å².